The van der Waals surface area contributed by atoms with Crippen molar-refractivity contribution in [3.8, 4) is 0 Å². The fraction of sp³-hybridized carbons (Fsp3) is 0.250. The number of carbonyl (C=O) groups excluding carboxylic acids is 2. The summed E-state index contributed by atoms with van der Waals surface area (Å²) in [6.07, 6.45) is 6.18. The molecule has 3 aromatic rings. The summed E-state index contributed by atoms with van der Waals surface area (Å²) in [6, 6.07) is 12.7. The van der Waals surface area contributed by atoms with Crippen molar-refractivity contribution < 1.29 is 9.59 Å². The fourth-order valence-corrected chi connectivity index (χ4v) is 4.45. The van der Waals surface area contributed by atoms with Gasteiger partial charge in [0.25, 0.3) is 5.91 Å². The minimum absolute atomic E-state index is 0.108. The quantitative estimate of drug-likeness (QED) is 0.672. The first-order valence-corrected chi connectivity index (χ1v) is 10.3. The van der Waals surface area contributed by atoms with Crippen LogP contribution in [-0.2, 0) is 4.79 Å². The van der Waals surface area contributed by atoms with Crippen molar-refractivity contribution in [1.29, 1.82) is 0 Å². The van der Waals surface area contributed by atoms with E-state index in [0.717, 1.165) is 23.3 Å². The largest absolute Gasteiger partial charge is 0.343 e. The highest BCUT2D eigenvalue weighted by molar-refractivity contribution is 6.08. The van der Waals surface area contributed by atoms with Gasteiger partial charge in [0.1, 0.15) is 17.4 Å². The number of hydrogen-bond donors (Lipinski definition) is 2. The molecule has 0 saturated heterocycles. The second kappa shape index (κ2) is 7.19. The zero-order chi connectivity index (χ0) is 21.6. The average Bonchev–Trinajstić information content (AvgIpc) is 3.16. The minimum atomic E-state index is -0.392. The molecule has 0 radical (unpaired) electrons. The van der Waals surface area contributed by atoms with Crippen LogP contribution in [0.2, 0.25) is 0 Å². The summed E-state index contributed by atoms with van der Waals surface area (Å²) >= 11 is 0. The molecule has 0 unspecified atom stereocenters. The lowest BCUT2D eigenvalue weighted by atomic mass is 9.73. The van der Waals surface area contributed by atoms with Crippen molar-refractivity contribution >= 4 is 23.2 Å². The van der Waals surface area contributed by atoms with E-state index >= 15 is 0 Å². The van der Waals surface area contributed by atoms with E-state index < -0.39 is 6.04 Å². The number of carbonyl (C=O) groups is 2. The molecule has 1 amide bonds. The van der Waals surface area contributed by atoms with Gasteiger partial charge in [0, 0.05) is 35.8 Å². The van der Waals surface area contributed by atoms with Gasteiger partial charge in [-0.15, -0.1) is 0 Å². The van der Waals surface area contributed by atoms with Crippen LogP contribution in [0.5, 0.6) is 0 Å². The van der Waals surface area contributed by atoms with Crippen LogP contribution in [0.4, 0.5) is 11.5 Å². The number of nitrogens with one attached hydrogen (secondary N) is 2. The molecule has 0 fully saturated rings. The predicted octanol–water partition coefficient (Wildman–Crippen LogP) is 4.19. The topological polar surface area (TPSA) is 88.9 Å². The predicted molar refractivity (Wildman–Crippen MR) is 118 cm³/mol. The van der Waals surface area contributed by atoms with E-state index in [1.807, 2.05) is 42.5 Å². The van der Waals surface area contributed by atoms with Crippen LogP contribution in [-0.4, -0.2) is 26.5 Å². The van der Waals surface area contributed by atoms with Gasteiger partial charge in [0.15, 0.2) is 5.78 Å². The van der Waals surface area contributed by atoms with Crippen molar-refractivity contribution in [2.24, 2.45) is 5.41 Å². The van der Waals surface area contributed by atoms with Crippen molar-refractivity contribution in [3.63, 3.8) is 0 Å². The summed E-state index contributed by atoms with van der Waals surface area (Å²) in [5.74, 6) is 0.454. The Morgan fingerprint density at radius 2 is 1.87 bits per heavy atom. The zero-order valence-electron chi connectivity index (χ0n) is 17.4. The van der Waals surface area contributed by atoms with E-state index in [2.05, 4.69) is 34.6 Å². The van der Waals surface area contributed by atoms with Gasteiger partial charge in [-0.3, -0.25) is 14.6 Å². The van der Waals surface area contributed by atoms with Gasteiger partial charge < -0.3 is 10.6 Å². The summed E-state index contributed by atoms with van der Waals surface area (Å²) in [6.45, 7) is 4.18. The Morgan fingerprint density at radius 1 is 1.13 bits per heavy atom. The number of Topliss-reactive ketones (excluding diaryl/α,β-unsaturated/α-hetero) is 1. The number of anilines is 2. The van der Waals surface area contributed by atoms with Gasteiger partial charge in [0.2, 0.25) is 0 Å². The number of ketones is 1. The molecular formula is C24H23N5O2. The second-order valence-corrected chi connectivity index (χ2v) is 8.81. The molecule has 7 nitrogen and oxygen atoms in total. The molecule has 0 spiro atoms. The molecule has 1 aromatic carbocycles. The Hall–Kier alpha value is -3.74. The Balaban J connectivity index is 1.60. The minimum Gasteiger partial charge on any atom is -0.343 e. The third-order valence-electron chi connectivity index (χ3n) is 5.80. The van der Waals surface area contributed by atoms with Crippen LogP contribution in [0, 0.1) is 5.41 Å². The van der Waals surface area contributed by atoms with Crippen LogP contribution in [0.25, 0.3) is 0 Å². The Bertz CT molecular complexity index is 1200. The molecule has 3 heterocycles. The van der Waals surface area contributed by atoms with Crippen LogP contribution in [0.1, 0.15) is 48.7 Å². The van der Waals surface area contributed by atoms with Gasteiger partial charge in [-0.05, 0) is 41.7 Å². The van der Waals surface area contributed by atoms with Crippen LogP contribution < -0.4 is 10.6 Å². The lowest BCUT2D eigenvalue weighted by molar-refractivity contribution is -0.118. The van der Waals surface area contributed by atoms with E-state index in [1.165, 1.54) is 0 Å². The Labute approximate surface area is 180 Å². The van der Waals surface area contributed by atoms with E-state index in [0.29, 0.717) is 23.5 Å². The number of hydrogen-bond acceptors (Lipinski definition) is 5. The first-order chi connectivity index (χ1) is 14.9. The molecule has 31 heavy (non-hydrogen) atoms. The summed E-state index contributed by atoms with van der Waals surface area (Å²) in [4.78, 5) is 30.3. The highest BCUT2D eigenvalue weighted by atomic mass is 16.1. The van der Waals surface area contributed by atoms with Gasteiger partial charge in [0.05, 0.1) is 6.20 Å². The molecule has 156 valence electrons. The number of aromatic nitrogens is 3. The van der Waals surface area contributed by atoms with Crippen molar-refractivity contribution in [3.05, 3.63) is 83.5 Å². The smallest absolute Gasteiger partial charge is 0.261 e. The summed E-state index contributed by atoms with van der Waals surface area (Å²) in [5.41, 5.74) is 3.49. The summed E-state index contributed by atoms with van der Waals surface area (Å²) in [5, 5.41) is 10.8. The molecule has 1 aliphatic heterocycles. The molecule has 7 heteroatoms. The number of allylic oxidation sites excluding steroid dienone is 2. The van der Waals surface area contributed by atoms with E-state index in [1.54, 1.807) is 23.3 Å². The second-order valence-electron chi connectivity index (χ2n) is 8.81. The molecule has 0 bridgehead atoms. The van der Waals surface area contributed by atoms with Crippen LogP contribution >= 0.6 is 0 Å². The number of rotatable bonds is 3. The first kappa shape index (κ1) is 19.2. The number of nitrogens with zero attached hydrogens (tertiary/aromatic N) is 3. The van der Waals surface area contributed by atoms with Gasteiger partial charge in [-0.25, -0.2) is 4.68 Å². The number of benzene rings is 1. The van der Waals surface area contributed by atoms with Crippen molar-refractivity contribution in [1.82, 2.24) is 14.8 Å². The van der Waals surface area contributed by atoms with Gasteiger partial charge in [-0.2, -0.15) is 5.10 Å². The number of amides is 1. The molecule has 1 atom stereocenters. The SMILES string of the molecule is CC1(C)CC(=O)C2=C(C1)Nc1c(C(=O)Nc3ccccc3)cnn1[C@@H]2c1ccncc1. The van der Waals surface area contributed by atoms with E-state index in [-0.39, 0.29) is 17.1 Å². The standard InChI is InChI=1S/C24H23N5O2/c1-24(2)12-18-20(19(30)13-24)21(15-8-10-25-11-9-15)29-22(28-18)17(14-26-29)23(31)27-16-6-4-3-5-7-16/h3-11,14,21,28H,12-13H2,1-2H3,(H,27,31)/t21-/m1/s1. The molecule has 1 aliphatic carbocycles. The maximum Gasteiger partial charge on any atom is 0.261 e. The molecule has 2 aromatic heterocycles. The Morgan fingerprint density at radius 3 is 2.61 bits per heavy atom. The Kier molecular flexibility index (Phi) is 4.46. The summed E-state index contributed by atoms with van der Waals surface area (Å²) in [7, 11) is 0. The number of pyridine rings is 1. The van der Waals surface area contributed by atoms with E-state index in [4.69, 9.17) is 0 Å². The highest BCUT2D eigenvalue weighted by Crippen LogP contribution is 2.46. The van der Waals surface area contributed by atoms with Crippen LogP contribution in [0.15, 0.2) is 72.3 Å². The number of para-hydroxylation sites is 1. The molecule has 2 aliphatic rings. The normalized spacial score (nSPS) is 19.3. The highest BCUT2D eigenvalue weighted by Gasteiger charge is 2.42. The molecular weight excluding hydrogens is 390 g/mol. The third kappa shape index (κ3) is 3.42. The number of fused-ring (bicyclic) bond motifs is 1. The monoisotopic (exact) mass is 413 g/mol. The van der Waals surface area contributed by atoms with Gasteiger partial charge >= 0.3 is 0 Å². The average molecular weight is 413 g/mol. The van der Waals surface area contributed by atoms with Crippen molar-refractivity contribution in [2.45, 2.75) is 32.7 Å². The lowest BCUT2D eigenvalue weighted by Crippen LogP contribution is -2.37. The molecule has 0 saturated carbocycles. The van der Waals surface area contributed by atoms with E-state index in [9.17, 15) is 9.59 Å². The summed E-state index contributed by atoms with van der Waals surface area (Å²) < 4.78 is 1.74. The lowest BCUT2D eigenvalue weighted by Gasteiger charge is -2.39. The van der Waals surface area contributed by atoms with Crippen LogP contribution in [0.3, 0.4) is 0 Å². The maximum atomic E-state index is 13.2. The first-order valence-electron chi connectivity index (χ1n) is 10.3. The zero-order valence-corrected chi connectivity index (χ0v) is 17.4. The van der Waals surface area contributed by atoms with Gasteiger partial charge in [-0.1, -0.05) is 32.0 Å². The fourth-order valence-electron chi connectivity index (χ4n) is 4.45. The molecule has 5 rings (SSSR count). The third-order valence-corrected chi connectivity index (χ3v) is 5.80. The maximum absolute atomic E-state index is 13.2. The molecule has 2 N–H and O–H groups in total. The van der Waals surface area contributed by atoms with Crippen molar-refractivity contribution in [2.75, 3.05) is 10.6 Å².